The zero-order valence-electron chi connectivity index (χ0n) is 14.7. The van der Waals surface area contributed by atoms with Crippen LogP contribution in [0, 0.1) is 11.3 Å². The molecule has 1 aromatic rings. The van der Waals surface area contributed by atoms with Crippen molar-refractivity contribution in [1.29, 1.82) is 5.26 Å². The largest absolute Gasteiger partial charge is 0.496 e. The van der Waals surface area contributed by atoms with E-state index in [9.17, 15) is 10.1 Å². The van der Waals surface area contributed by atoms with Crippen LogP contribution in [0.5, 0.6) is 5.75 Å². The summed E-state index contributed by atoms with van der Waals surface area (Å²) in [4.78, 5) is 12.7. The molecule has 0 spiro atoms. The molecule has 0 radical (unpaired) electrons. The number of methoxy groups -OCH3 is 2. The van der Waals surface area contributed by atoms with Crippen molar-refractivity contribution in [2.45, 2.75) is 12.8 Å². The van der Waals surface area contributed by atoms with E-state index in [1.165, 1.54) is 14.2 Å². The lowest BCUT2D eigenvalue weighted by Gasteiger charge is -2.28. The number of halogens is 1. The standard InChI is InChI=1S/C18H19BrN2O5/c1-4-25-18(22)16-14(9-23-2)26-17(21)12(8-20)15(16)11-7-10(19)5-6-13(11)24-3/h5-7,15H,4,9,21H2,1-3H3. The summed E-state index contributed by atoms with van der Waals surface area (Å²) in [6.45, 7) is 1.87. The Kier molecular flexibility index (Phi) is 6.66. The first-order chi connectivity index (χ1) is 12.5. The van der Waals surface area contributed by atoms with Gasteiger partial charge in [0, 0.05) is 17.1 Å². The predicted molar refractivity (Wildman–Crippen MR) is 96.9 cm³/mol. The van der Waals surface area contributed by atoms with Crippen LogP contribution in [0.15, 0.2) is 45.5 Å². The molecule has 8 heteroatoms. The van der Waals surface area contributed by atoms with Crippen molar-refractivity contribution in [3.8, 4) is 11.8 Å². The SMILES string of the molecule is CCOC(=O)C1=C(COC)OC(N)=C(C#N)C1c1cc(Br)ccc1OC. The summed E-state index contributed by atoms with van der Waals surface area (Å²) in [7, 11) is 2.97. The minimum Gasteiger partial charge on any atom is -0.496 e. The van der Waals surface area contributed by atoms with Crippen LogP contribution in [0.1, 0.15) is 18.4 Å². The van der Waals surface area contributed by atoms with Gasteiger partial charge in [-0.15, -0.1) is 0 Å². The fourth-order valence-corrected chi connectivity index (χ4v) is 3.11. The Morgan fingerprint density at radius 3 is 2.73 bits per heavy atom. The molecule has 7 nitrogen and oxygen atoms in total. The molecular weight excluding hydrogens is 404 g/mol. The molecular formula is C18H19BrN2O5. The monoisotopic (exact) mass is 422 g/mol. The summed E-state index contributed by atoms with van der Waals surface area (Å²) in [5.41, 5.74) is 6.79. The number of hydrogen-bond donors (Lipinski definition) is 1. The third kappa shape index (κ3) is 3.84. The van der Waals surface area contributed by atoms with Crippen LogP contribution in [0.3, 0.4) is 0 Å². The van der Waals surface area contributed by atoms with E-state index in [2.05, 4.69) is 15.9 Å². The van der Waals surface area contributed by atoms with Crippen molar-refractivity contribution in [3.63, 3.8) is 0 Å². The van der Waals surface area contributed by atoms with Crippen molar-refractivity contribution in [2.75, 3.05) is 27.4 Å². The Bertz CT molecular complexity index is 810. The summed E-state index contributed by atoms with van der Waals surface area (Å²) >= 11 is 3.41. The second kappa shape index (κ2) is 8.74. The number of esters is 1. The highest BCUT2D eigenvalue weighted by atomic mass is 79.9. The van der Waals surface area contributed by atoms with E-state index >= 15 is 0 Å². The molecule has 26 heavy (non-hydrogen) atoms. The Morgan fingerprint density at radius 2 is 2.15 bits per heavy atom. The van der Waals surface area contributed by atoms with Gasteiger partial charge in [-0.05, 0) is 25.1 Å². The van der Waals surface area contributed by atoms with Gasteiger partial charge in [0.05, 0.1) is 25.2 Å². The third-order valence-corrected chi connectivity index (χ3v) is 4.26. The van der Waals surface area contributed by atoms with E-state index in [0.717, 1.165) is 4.47 Å². The summed E-state index contributed by atoms with van der Waals surface area (Å²) in [6.07, 6.45) is 0. The lowest BCUT2D eigenvalue weighted by molar-refractivity contribution is -0.139. The maximum Gasteiger partial charge on any atom is 0.338 e. The molecule has 0 saturated carbocycles. The van der Waals surface area contributed by atoms with Crippen molar-refractivity contribution in [1.82, 2.24) is 0 Å². The van der Waals surface area contributed by atoms with E-state index < -0.39 is 11.9 Å². The van der Waals surface area contributed by atoms with Crippen molar-refractivity contribution < 1.29 is 23.7 Å². The summed E-state index contributed by atoms with van der Waals surface area (Å²) in [5, 5.41) is 9.65. The zero-order chi connectivity index (χ0) is 19.3. The van der Waals surface area contributed by atoms with Gasteiger partial charge in [-0.25, -0.2) is 4.79 Å². The molecule has 0 aliphatic carbocycles. The second-order valence-corrected chi connectivity index (χ2v) is 6.22. The fourth-order valence-electron chi connectivity index (χ4n) is 2.73. The molecule has 1 aliphatic heterocycles. The molecule has 1 aromatic carbocycles. The molecule has 1 atom stereocenters. The highest BCUT2D eigenvalue weighted by Crippen LogP contribution is 2.43. The number of ether oxygens (including phenoxy) is 4. The van der Waals surface area contributed by atoms with Crippen molar-refractivity contribution in [3.05, 3.63) is 51.0 Å². The number of hydrogen-bond acceptors (Lipinski definition) is 7. The fraction of sp³-hybridized carbons (Fsp3) is 0.333. The Hall–Kier alpha value is -2.50. The first-order valence-electron chi connectivity index (χ1n) is 7.78. The van der Waals surface area contributed by atoms with Crippen LogP contribution < -0.4 is 10.5 Å². The molecule has 0 fully saturated rings. The Morgan fingerprint density at radius 1 is 1.42 bits per heavy atom. The molecule has 0 saturated heterocycles. The molecule has 0 bridgehead atoms. The van der Waals surface area contributed by atoms with Crippen LogP contribution in [0.25, 0.3) is 0 Å². The van der Waals surface area contributed by atoms with Gasteiger partial charge >= 0.3 is 5.97 Å². The highest BCUT2D eigenvalue weighted by molar-refractivity contribution is 9.10. The zero-order valence-corrected chi connectivity index (χ0v) is 16.3. The van der Waals surface area contributed by atoms with Crippen molar-refractivity contribution >= 4 is 21.9 Å². The molecule has 0 aromatic heterocycles. The molecule has 138 valence electrons. The maximum atomic E-state index is 12.7. The topological polar surface area (TPSA) is 104 Å². The second-order valence-electron chi connectivity index (χ2n) is 5.30. The minimum atomic E-state index is -0.801. The van der Waals surface area contributed by atoms with E-state index in [-0.39, 0.29) is 36.0 Å². The minimum absolute atomic E-state index is 0.000372. The van der Waals surface area contributed by atoms with Gasteiger partial charge in [0.15, 0.2) is 0 Å². The third-order valence-electron chi connectivity index (χ3n) is 3.77. The van der Waals surface area contributed by atoms with Crippen LogP contribution in [-0.2, 0) is 19.0 Å². The van der Waals surface area contributed by atoms with Gasteiger partial charge in [0.25, 0.3) is 0 Å². The average molecular weight is 423 g/mol. The van der Waals surface area contributed by atoms with E-state index in [1.54, 1.807) is 25.1 Å². The summed E-state index contributed by atoms with van der Waals surface area (Å²) < 4.78 is 22.0. The van der Waals surface area contributed by atoms with Gasteiger partial charge in [-0.3, -0.25) is 0 Å². The molecule has 2 rings (SSSR count). The smallest absolute Gasteiger partial charge is 0.338 e. The molecule has 2 N–H and O–H groups in total. The van der Waals surface area contributed by atoms with Crippen molar-refractivity contribution in [2.24, 2.45) is 5.73 Å². The quantitative estimate of drug-likeness (QED) is 0.702. The van der Waals surface area contributed by atoms with E-state index in [1.807, 2.05) is 6.07 Å². The van der Waals surface area contributed by atoms with Gasteiger partial charge < -0.3 is 24.7 Å². The number of nitrogens with two attached hydrogens (primary N) is 1. The lowest BCUT2D eigenvalue weighted by atomic mass is 9.82. The summed E-state index contributed by atoms with van der Waals surface area (Å²) in [5.74, 6) is -0.787. The first kappa shape index (κ1) is 19.8. The average Bonchev–Trinajstić information content (AvgIpc) is 2.61. The number of allylic oxidation sites excluding steroid dienone is 1. The normalized spacial score (nSPS) is 16.8. The van der Waals surface area contributed by atoms with E-state index in [0.29, 0.717) is 11.3 Å². The number of nitrogens with zero attached hydrogens (tertiary/aromatic N) is 1. The van der Waals surface area contributed by atoms with Gasteiger partial charge in [0.1, 0.15) is 29.8 Å². The first-order valence-corrected chi connectivity index (χ1v) is 8.57. The van der Waals surface area contributed by atoms with E-state index in [4.69, 9.17) is 24.7 Å². The Balaban J connectivity index is 2.76. The van der Waals surface area contributed by atoms with Crippen LogP contribution >= 0.6 is 15.9 Å². The Labute approximate surface area is 160 Å². The molecule has 1 aliphatic rings. The van der Waals surface area contributed by atoms with Crippen LogP contribution in [0.4, 0.5) is 0 Å². The van der Waals surface area contributed by atoms with Gasteiger partial charge in [-0.1, -0.05) is 15.9 Å². The number of benzene rings is 1. The number of nitriles is 1. The van der Waals surface area contributed by atoms with Crippen LogP contribution in [0.2, 0.25) is 0 Å². The highest BCUT2D eigenvalue weighted by Gasteiger charge is 2.39. The molecule has 0 amide bonds. The van der Waals surface area contributed by atoms with Gasteiger partial charge in [0.2, 0.25) is 5.88 Å². The van der Waals surface area contributed by atoms with Gasteiger partial charge in [-0.2, -0.15) is 5.26 Å². The number of carbonyl (C=O) groups is 1. The van der Waals surface area contributed by atoms with Crippen LogP contribution in [-0.4, -0.2) is 33.4 Å². The predicted octanol–water partition coefficient (Wildman–Crippen LogP) is 2.73. The molecule has 1 unspecified atom stereocenters. The summed E-state index contributed by atoms with van der Waals surface area (Å²) in [6, 6.07) is 7.34. The maximum absolute atomic E-state index is 12.7. The molecule has 1 heterocycles. The lowest BCUT2D eigenvalue weighted by Crippen LogP contribution is -2.28. The number of rotatable bonds is 6. The number of carbonyl (C=O) groups excluding carboxylic acids is 1.